The van der Waals surface area contributed by atoms with Gasteiger partial charge in [0.1, 0.15) is 35.8 Å². The van der Waals surface area contributed by atoms with Crippen LogP contribution in [0, 0.1) is 11.6 Å². The van der Waals surface area contributed by atoms with Crippen LogP contribution >= 0.6 is 0 Å². The van der Waals surface area contributed by atoms with Gasteiger partial charge in [-0.15, -0.1) is 0 Å². The van der Waals surface area contributed by atoms with Crippen molar-refractivity contribution in [3.8, 4) is 11.5 Å². The summed E-state index contributed by atoms with van der Waals surface area (Å²) in [6, 6.07) is 8.70. The molecule has 0 aliphatic carbocycles. The smallest absolute Gasteiger partial charge is 0.149 e. The summed E-state index contributed by atoms with van der Waals surface area (Å²) in [6.45, 7) is 0.264. The third-order valence-corrected chi connectivity index (χ3v) is 3.17. The van der Waals surface area contributed by atoms with Gasteiger partial charge in [0.25, 0.3) is 0 Å². The molecule has 2 N–H and O–H groups in total. The van der Waals surface area contributed by atoms with Crippen molar-refractivity contribution >= 4 is 5.69 Å². The number of halogens is 2. The number of nitrogens with two attached hydrogens (primary N) is 1. The van der Waals surface area contributed by atoms with E-state index < -0.39 is 5.82 Å². The first-order valence-electron chi connectivity index (χ1n) is 6.25. The summed E-state index contributed by atoms with van der Waals surface area (Å²) in [5, 5.41) is 0. The maximum absolute atomic E-state index is 13.3. The fraction of sp³-hybridized carbons (Fsp3) is 0.200. The van der Waals surface area contributed by atoms with Gasteiger partial charge in [-0.2, -0.15) is 0 Å². The second-order valence-electron chi connectivity index (χ2n) is 4.69. The molecular weight excluding hydrogens is 264 g/mol. The van der Waals surface area contributed by atoms with E-state index in [1.807, 2.05) is 0 Å². The zero-order chi connectivity index (χ0) is 14.1. The molecule has 104 valence electrons. The Morgan fingerprint density at radius 1 is 1.20 bits per heavy atom. The summed E-state index contributed by atoms with van der Waals surface area (Å²) < 4.78 is 37.4. The van der Waals surface area contributed by atoms with Gasteiger partial charge in [-0.3, -0.25) is 0 Å². The highest BCUT2D eigenvalue weighted by Crippen LogP contribution is 2.29. The van der Waals surface area contributed by atoms with Gasteiger partial charge in [-0.1, -0.05) is 0 Å². The highest BCUT2D eigenvalue weighted by Gasteiger charge is 2.23. The number of ether oxygens (including phenoxy) is 2. The van der Waals surface area contributed by atoms with Crippen molar-refractivity contribution in [3.05, 3.63) is 53.6 Å². The molecule has 3 nitrogen and oxygen atoms in total. The number of rotatable bonds is 3. The van der Waals surface area contributed by atoms with E-state index in [0.717, 1.165) is 5.56 Å². The van der Waals surface area contributed by atoms with E-state index in [0.29, 0.717) is 17.9 Å². The Balaban J connectivity index is 1.62. The third kappa shape index (κ3) is 2.52. The third-order valence-electron chi connectivity index (χ3n) is 3.17. The maximum Gasteiger partial charge on any atom is 0.149 e. The van der Waals surface area contributed by atoms with Crippen LogP contribution in [0.15, 0.2) is 36.4 Å². The first-order chi connectivity index (χ1) is 9.61. The predicted molar refractivity (Wildman–Crippen MR) is 70.8 cm³/mol. The standard InChI is InChI=1S/C15H13F2NO2/c16-10-1-4-15-9(5-10)6-12(20-15)8-19-11-2-3-14(18)13(17)7-11/h1-5,7,12H,6,8,18H2. The first kappa shape index (κ1) is 12.7. The molecule has 1 aliphatic heterocycles. The van der Waals surface area contributed by atoms with Gasteiger partial charge in [0.2, 0.25) is 0 Å². The molecule has 5 heteroatoms. The molecule has 2 aromatic carbocycles. The van der Waals surface area contributed by atoms with Crippen LogP contribution in [0.25, 0.3) is 0 Å². The lowest BCUT2D eigenvalue weighted by molar-refractivity contribution is 0.148. The second-order valence-corrected chi connectivity index (χ2v) is 4.69. The van der Waals surface area contributed by atoms with Gasteiger partial charge in [0, 0.05) is 18.1 Å². The van der Waals surface area contributed by atoms with E-state index >= 15 is 0 Å². The van der Waals surface area contributed by atoms with Crippen molar-refractivity contribution in [1.29, 1.82) is 0 Å². The van der Waals surface area contributed by atoms with Crippen molar-refractivity contribution in [2.75, 3.05) is 12.3 Å². The molecule has 0 fully saturated rings. The zero-order valence-electron chi connectivity index (χ0n) is 10.6. The number of anilines is 1. The topological polar surface area (TPSA) is 44.5 Å². The van der Waals surface area contributed by atoms with Crippen LogP contribution in [-0.2, 0) is 6.42 Å². The zero-order valence-corrected chi connectivity index (χ0v) is 10.6. The maximum atomic E-state index is 13.3. The lowest BCUT2D eigenvalue weighted by atomic mass is 10.1. The lowest BCUT2D eigenvalue weighted by Crippen LogP contribution is -2.22. The van der Waals surface area contributed by atoms with E-state index in [2.05, 4.69) is 0 Å². The SMILES string of the molecule is Nc1ccc(OCC2Cc3cc(F)ccc3O2)cc1F. The molecule has 1 heterocycles. The summed E-state index contributed by atoms with van der Waals surface area (Å²) in [5.41, 5.74) is 6.29. The normalized spacial score (nSPS) is 16.6. The molecular formula is C15H13F2NO2. The highest BCUT2D eigenvalue weighted by molar-refractivity contribution is 5.43. The highest BCUT2D eigenvalue weighted by atomic mass is 19.1. The molecule has 0 amide bonds. The number of nitrogen functional groups attached to an aromatic ring is 1. The Bertz CT molecular complexity index is 646. The fourth-order valence-electron chi connectivity index (χ4n) is 2.17. The molecule has 0 saturated heterocycles. The van der Waals surface area contributed by atoms with Crippen LogP contribution < -0.4 is 15.2 Å². The minimum atomic E-state index is -0.514. The molecule has 0 spiro atoms. The van der Waals surface area contributed by atoms with Crippen molar-refractivity contribution in [2.24, 2.45) is 0 Å². The van der Waals surface area contributed by atoms with E-state index in [1.54, 1.807) is 12.1 Å². The van der Waals surface area contributed by atoms with Crippen LogP contribution in [0.3, 0.4) is 0 Å². The number of hydrogen-bond acceptors (Lipinski definition) is 3. The summed E-state index contributed by atoms with van der Waals surface area (Å²) in [5.74, 6) is 0.264. The van der Waals surface area contributed by atoms with Crippen molar-refractivity contribution in [2.45, 2.75) is 12.5 Å². The van der Waals surface area contributed by atoms with Crippen LogP contribution in [-0.4, -0.2) is 12.7 Å². The van der Waals surface area contributed by atoms with Crippen LogP contribution in [0.2, 0.25) is 0 Å². The predicted octanol–water partition coefficient (Wildman–Crippen LogP) is 2.93. The number of benzene rings is 2. The largest absolute Gasteiger partial charge is 0.490 e. The average molecular weight is 277 g/mol. The Morgan fingerprint density at radius 2 is 2.05 bits per heavy atom. The minimum Gasteiger partial charge on any atom is -0.490 e. The molecule has 1 aliphatic rings. The van der Waals surface area contributed by atoms with Gasteiger partial charge in [0.05, 0.1) is 5.69 Å². The Hall–Kier alpha value is -2.30. The van der Waals surface area contributed by atoms with Crippen molar-refractivity contribution in [1.82, 2.24) is 0 Å². The molecule has 20 heavy (non-hydrogen) atoms. The Morgan fingerprint density at radius 3 is 2.85 bits per heavy atom. The molecule has 0 aromatic heterocycles. The molecule has 0 radical (unpaired) electrons. The number of fused-ring (bicyclic) bond motifs is 1. The quantitative estimate of drug-likeness (QED) is 0.877. The molecule has 2 aromatic rings. The Kier molecular flexibility index (Phi) is 3.18. The minimum absolute atomic E-state index is 0.0809. The lowest BCUT2D eigenvalue weighted by Gasteiger charge is -2.12. The average Bonchev–Trinajstić information content (AvgIpc) is 2.82. The van der Waals surface area contributed by atoms with E-state index in [9.17, 15) is 8.78 Å². The van der Waals surface area contributed by atoms with E-state index in [4.69, 9.17) is 15.2 Å². The van der Waals surface area contributed by atoms with Crippen molar-refractivity contribution in [3.63, 3.8) is 0 Å². The molecule has 1 atom stereocenters. The van der Waals surface area contributed by atoms with Crippen LogP contribution in [0.1, 0.15) is 5.56 Å². The van der Waals surface area contributed by atoms with Gasteiger partial charge < -0.3 is 15.2 Å². The summed E-state index contributed by atoms with van der Waals surface area (Å²) >= 11 is 0. The molecule has 0 bridgehead atoms. The molecule has 3 rings (SSSR count). The molecule has 0 saturated carbocycles. The van der Waals surface area contributed by atoms with Gasteiger partial charge in [0.15, 0.2) is 0 Å². The summed E-state index contributed by atoms with van der Waals surface area (Å²) in [7, 11) is 0. The summed E-state index contributed by atoms with van der Waals surface area (Å²) in [4.78, 5) is 0. The number of hydrogen-bond donors (Lipinski definition) is 1. The molecule has 1 unspecified atom stereocenters. The van der Waals surface area contributed by atoms with Crippen LogP contribution in [0.4, 0.5) is 14.5 Å². The van der Waals surface area contributed by atoms with Crippen molar-refractivity contribution < 1.29 is 18.3 Å². The monoisotopic (exact) mass is 277 g/mol. The van der Waals surface area contributed by atoms with E-state index in [-0.39, 0.29) is 24.2 Å². The first-order valence-corrected chi connectivity index (χ1v) is 6.25. The van der Waals surface area contributed by atoms with Gasteiger partial charge >= 0.3 is 0 Å². The van der Waals surface area contributed by atoms with Gasteiger partial charge in [-0.25, -0.2) is 8.78 Å². The van der Waals surface area contributed by atoms with Crippen LogP contribution in [0.5, 0.6) is 11.5 Å². The Labute approximate surface area is 114 Å². The van der Waals surface area contributed by atoms with Gasteiger partial charge in [-0.05, 0) is 30.3 Å². The summed E-state index contributed by atoms with van der Waals surface area (Å²) in [6.07, 6.45) is 0.372. The fourth-order valence-corrected chi connectivity index (χ4v) is 2.17. The van der Waals surface area contributed by atoms with E-state index in [1.165, 1.54) is 24.3 Å². The second kappa shape index (κ2) is 5.00.